The van der Waals surface area contributed by atoms with E-state index in [0.29, 0.717) is 12.1 Å². The van der Waals surface area contributed by atoms with Gasteiger partial charge in [0.2, 0.25) is 0 Å². The van der Waals surface area contributed by atoms with Crippen LogP contribution in [0.4, 0.5) is 0 Å². The topological polar surface area (TPSA) is 77.0 Å². The van der Waals surface area contributed by atoms with Crippen LogP contribution in [0, 0.1) is 0 Å². The monoisotopic (exact) mass is 404 g/mol. The van der Waals surface area contributed by atoms with E-state index in [1.165, 1.54) is 13.3 Å². The molecule has 2 aromatic carbocycles. The average Bonchev–Trinajstić information content (AvgIpc) is 2.64. The van der Waals surface area contributed by atoms with Crippen LogP contribution in [0.25, 0.3) is 0 Å². The first kappa shape index (κ1) is 18.7. The van der Waals surface area contributed by atoms with Gasteiger partial charge in [-0.3, -0.25) is 4.79 Å². The van der Waals surface area contributed by atoms with Crippen LogP contribution in [0.1, 0.15) is 21.5 Å². The molecule has 0 heterocycles. The Labute approximate surface area is 153 Å². The van der Waals surface area contributed by atoms with Crippen LogP contribution in [-0.2, 0) is 20.9 Å². The maximum Gasteiger partial charge on any atom is 0.337 e. The highest BCUT2D eigenvalue weighted by Gasteiger charge is 2.05. The Morgan fingerprint density at radius 2 is 1.80 bits per heavy atom. The third kappa shape index (κ3) is 6.39. The molecule has 130 valence electrons. The summed E-state index contributed by atoms with van der Waals surface area (Å²) in [5.74, 6) is -0.683. The zero-order valence-electron chi connectivity index (χ0n) is 13.6. The van der Waals surface area contributed by atoms with Gasteiger partial charge in [-0.1, -0.05) is 45.4 Å². The molecular formula is C18H17BrN2O4. The lowest BCUT2D eigenvalue weighted by Gasteiger charge is -2.05. The van der Waals surface area contributed by atoms with Crippen molar-refractivity contribution in [2.45, 2.75) is 6.54 Å². The second-order valence-electron chi connectivity index (χ2n) is 5.02. The number of benzene rings is 2. The average molecular weight is 405 g/mol. The van der Waals surface area contributed by atoms with Gasteiger partial charge < -0.3 is 14.9 Å². The molecule has 0 aliphatic carbocycles. The molecule has 0 spiro atoms. The first-order chi connectivity index (χ1) is 12.1. The van der Waals surface area contributed by atoms with E-state index in [9.17, 15) is 9.59 Å². The van der Waals surface area contributed by atoms with Crippen LogP contribution in [0.2, 0.25) is 0 Å². The SMILES string of the molecule is COC(=O)c1ccc(CNC(=O)CO/N=C\c2ccc(Br)cc2)cc1. The predicted molar refractivity (Wildman–Crippen MR) is 97.3 cm³/mol. The van der Waals surface area contributed by atoms with Gasteiger partial charge in [-0.15, -0.1) is 0 Å². The molecule has 0 fully saturated rings. The van der Waals surface area contributed by atoms with E-state index in [2.05, 4.69) is 31.1 Å². The number of carbonyl (C=O) groups excluding carboxylic acids is 2. The fourth-order valence-corrected chi connectivity index (χ4v) is 2.14. The summed E-state index contributed by atoms with van der Waals surface area (Å²) in [6, 6.07) is 14.3. The Bertz CT molecular complexity index is 743. The number of nitrogens with zero attached hydrogens (tertiary/aromatic N) is 1. The molecule has 0 saturated carbocycles. The Morgan fingerprint density at radius 3 is 2.44 bits per heavy atom. The Kier molecular flexibility index (Phi) is 7.16. The molecule has 0 aromatic heterocycles. The first-order valence-electron chi connectivity index (χ1n) is 7.43. The number of esters is 1. The minimum absolute atomic E-state index is 0.173. The third-order valence-electron chi connectivity index (χ3n) is 3.21. The molecule has 0 aliphatic rings. The van der Waals surface area contributed by atoms with E-state index in [4.69, 9.17) is 4.84 Å². The molecule has 2 rings (SSSR count). The van der Waals surface area contributed by atoms with Crippen molar-refractivity contribution in [1.82, 2.24) is 5.32 Å². The molecule has 0 radical (unpaired) electrons. The van der Waals surface area contributed by atoms with Gasteiger partial charge in [0.25, 0.3) is 5.91 Å². The van der Waals surface area contributed by atoms with Gasteiger partial charge >= 0.3 is 5.97 Å². The Balaban J connectivity index is 1.71. The Hall–Kier alpha value is -2.67. The van der Waals surface area contributed by atoms with Crippen molar-refractivity contribution < 1.29 is 19.2 Å². The predicted octanol–water partition coefficient (Wildman–Crippen LogP) is 2.90. The first-order valence-corrected chi connectivity index (χ1v) is 8.22. The number of rotatable bonds is 7. The molecule has 7 heteroatoms. The lowest BCUT2D eigenvalue weighted by atomic mass is 10.1. The van der Waals surface area contributed by atoms with Crippen molar-refractivity contribution >= 4 is 34.0 Å². The number of methoxy groups -OCH3 is 1. The summed E-state index contributed by atoms with van der Waals surface area (Å²) in [6.07, 6.45) is 1.53. The summed E-state index contributed by atoms with van der Waals surface area (Å²) in [7, 11) is 1.33. The lowest BCUT2D eigenvalue weighted by Crippen LogP contribution is -2.26. The molecule has 0 unspecified atom stereocenters. The van der Waals surface area contributed by atoms with Crippen molar-refractivity contribution in [3.05, 3.63) is 69.7 Å². The zero-order valence-corrected chi connectivity index (χ0v) is 15.2. The highest BCUT2D eigenvalue weighted by Crippen LogP contribution is 2.09. The van der Waals surface area contributed by atoms with Gasteiger partial charge in [0.05, 0.1) is 18.9 Å². The molecular weight excluding hydrogens is 388 g/mol. The number of nitrogens with one attached hydrogen (secondary N) is 1. The number of halogens is 1. The van der Waals surface area contributed by atoms with Crippen molar-refractivity contribution in [2.75, 3.05) is 13.7 Å². The summed E-state index contributed by atoms with van der Waals surface area (Å²) < 4.78 is 5.60. The van der Waals surface area contributed by atoms with Gasteiger partial charge in [0, 0.05) is 11.0 Å². The highest BCUT2D eigenvalue weighted by molar-refractivity contribution is 9.10. The molecule has 0 atom stereocenters. The number of amides is 1. The number of hydrogen-bond acceptors (Lipinski definition) is 5. The normalized spacial score (nSPS) is 10.5. The second-order valence-corrected chi connectivity index (χ2v) is 5.94. The number of oxime groups is 1. The van der Waals surface area contributed by atoms with Crippen LogP contribution in [0.15, 0.2) is 58.2 Å². The van der Waals surface area contributed by atoms with Crippen LogP contribution in [0.5, 0.6) is 0 Å². The van der Waals surface area contributed by atoms with Gasteiger partial charge in [-0.05, 0) is 35.4 Å². The second kappa shape index (κ2) is 9.58. The molecule has 0 aliphatic heterocycles. The van der Waals surface area contributed by atoms with E-state index in [1.807, 2.05) is 24.3 Å². The summed E-state index contributed by atoms with van der Waals surface area (Å²) in [5.41, 5.74) is 2.19. The molecule has 6 nitrogen and oxygen atoms in total. The number of ether oxygens (including phenoxy) is 1. The van der Waals surface area contributed by atoms with Gasteiger partial charge in [0.15, 0.2) is 6.61 Å². The Morgan fingerprint density at radius 1 is 1.12 bits per heavy atom. The van der Waals surface area contributed by atoms with Crippen molar-refractivity contribution in [3.63, 3.8) is 0 Å². The standard InChI is InChI=1S/C18H17BrN2O4/c1-24-18(23)15-6-2-13(3-7-15)10-20-17(22)12-25-21-11-14-4-8-16(19)9-5-14/h2-9,11H,10,12H2,1H3,(H,20,22)/b21-11-. The fourth-order valence-electron chi connectivity index (χ4n) is 1.87. The minimum atomic E-state index is -0.396. The summed E-state index contributed by atoms with van der Waals surface area (Å²) in [6.45, 7) is 0.160. The van der Waals surface area contributed by atoms with E-state index < -0.39 is 5.97 Å². The van der Waals surface area contributed by atoms with E-state index in [1.54, 1.807) is 24.3 Å². The van der Waals surface area contributed by atoms with E-state index in [-0.39, 0.29) is 12.5 Å². The van der Waals surface area contributed by atoms with Crippen molar-refractivity contribution in [1.29, 1.82) is 0 Å². The lowest BCUT2D eigenvalue weighted by molar-refractivity contribution is -0.125. The summed E-state index contributed by atoms with van der Waals surface area (Å²) in [4.78, 5) is 28.0. The van der Waals surface area contributed by atoms with Crippen LogP contribution in [-0.4, -0.2) is 31.8 Å². The fraction of sp³-hybridized carbons (Fsp3) is 0.167. The minimum Gasteiger partial charge on any atom is -0.465 e. The van der Waals surface area contributed by atoms with Gasteiger partial charge in [0.1, 0.15) is 0 Å². The number of hydrogen-bond donors (Lipinski definition) is 1. The smallest absolute Gasteiger partial charge is 0.337 e. The maximum atomic E-state index is 11.7. The van der Waals surface area contributed by atoms with Crippen LogP contribution >= 0.6 is 15.9 Å². The largest absolute Gasteiger partial charge is 0.465 e. The van der Waals surface area contributed by atoms with Gasteiger partial charge in [-0.2, -0.15) is 0 Å². The number of carbonyl (C=O) groups is 2. The molecule has 25 heavy (non-hydrogen) atoms. The summed E-state index contributed by atoms with van der Waals surface area (Å²) >= 11 is 3.35. The van der Waals surface area contributed by atoms with Gasteiger partial charge in [-0.25, -0.2) is 4.79 Å². The van der Waals surface area contributed by atoms with E-state index >= 15 is 0 Å². The third-order valence-corrected chi connectivity index (χ3v) is 3.74. The van der Waals surface area contributed by atoms with Crippen LogP contribution in [0.3, 0.4) is 0 Å². The molecule has 0 bridgehead atoms. The molecule has 1 N–H and O–H groups in total. The highest BCUT2D eigenvalue weighted by atomic mass is 79.9. The molecule has 2 aromatic rings. The maximum absolute atomic E-state index is 11.7. The molecule has 0 saturated heterocycles. The zero-order chi connectivity index (χ0) is 18.1. The summed E-state index contributed by atoms with van der Waals surface area (Å²) in [5, 5.41) is 6.46. The van der Waals surface area contributed by atoms with Crippen molar-refractivity contribution in [2.24, 2.45) is 5.16 Å². The molecule has 1 amide bonds. The van der Waals surface area contributed by atoms with E-state index in [0.717, 1.165) is 15.6 Å². The van der Waals surface area contributed by atoms with Crippen molar-refractivity contribution in [3.8, 4) is 0 Å². The van der Waals surface area contributed by atoms with Crippen LogP contribution < -0.4 is 5.32 Å². The quantitative estimate of drug-likeness (QED) is 0.437.